The number of carbonyl (C=O) groups excluding carboxylic acids is 1. The van der Waals surface area contributed by atoms with Crippen LogP contribution in [0.4, 0.5) is 0 Å². The number of carbonyl (C=O) groups is 1. The number of hydrogen-bond donors (Lipinski definition) is 2. The van der Waals surface area contributed by atoms with Crippen LogP contribution in [0.3, 0.4) is 0 Å². The van der Waals surface area contributed by atoms with Crippen LogP contribution in [0.2, 0.25) is 0 Å². The van der Waals surface area contributed by atoms with Crippen molar-refractivity contribution in [1.29, 1.82) is 0 Å². The number of aliphatic imine (C=N–C) groups is 1. The van der Waals surface area contributed by atoms with E-state index in [1.807, 2.05) is 0 Å². The summed E-state index contributed by atoms with van der Waals surface area (Å²) in [6, 6.07) is 10.6. The van der Waals surface area contributed by atoms with Crippen LogP contribution in [-0.4, -0.2) is 50.5 Å². The number of thiophene rings is 1. The van der Waals surface area contributed by atoms with Gasteiger partial charge in [-0.1, -0.05) is 24.3 Å². The van der Waals surface area contributed by atoms with Gasteiger partial charge in [0.25, 0.3) is 0 Å². The molecule has 0 radical (unpaired) electrons. The molecule has 28 heavy (non-hydrogen) atoms. The molecule has 0 saturated carbocycles. The summed E-state index contributed by atoms with van der Waals surface area (Å²) >= 11 is 1.75. The molecule has 0 aliphatic rings. The second-order valence-corrected chi connectivity index (χ2v) is 7.79. The zero-order chi connectivity index (χ0) is 19.6. The molecular formula is C21H31IN4OS. The maximum atomic E-state index is 11.9. The van der Waals surface area contributed by atoms with Crippen LogP contribution in [-0.2, 0) is 17.6 Å². The standard InChI is InChI=1S/C21H30N4OS.HI/c1-16-7-5-8-17(2)19(16)11-13-23-21(24-15-20(26)25(3)4)22-12-10-18-9-6-14-27-18;/h5-9,14H,10-13,15H2,1-4H3,(H2,22,23,24);1H. The van der Waals surface area contributed by atoms with Gasteiger partial charge >= 0.3 is 0 Å². The molecule has 5 nitrogen and oxygen atoms in total. The summed E-state index contributed by atoms with van der Waals surface area (Å²) in [6.45, 7) is 5.99. The van der Waals surface area contributed by atoms with Crippen molar-refractivity contribution in [3.63, 3.8) is 0 Å². The van der Waals surface area contributed by atoms with Gasteiger partial charge in [0.1, 0.15) is 6.54 Å². The first-order chi connectivity index (χ1) is 13.0. The quantitative estimate of drug-likeness (QED) is 0.323. The number of aryl methyl sites for hydroxylation is 2. The zero-order valence-electron chi connectivity index (χ0n) is 17.1. The van der Waals surface area contributed by atoms with Gasteiger partial charge in [-0.25, -0.2) is 4.99 Å². The van der Waals surface area contributed by atoms with E-state index < -0.39 is 0 Å². The molecule has 0 atom stereocenters. The number of rotatable bonds is 8. The van der Waals surface area contributed by atoms with Gasteiger partial charge in [0.2, 0.25) is 5.91 Å². The van der Waals surface area contributed by atoms with Crippen LogP contribution in [0, 0.1) is 13.8 Å². The minimum absolute atomic E-state index is 0. The van der Waals surface area contributed by atoms with Gasteiger partial charge < -0.3 is 15.5 Å². The van der Waals surface area contributed by atoms with E-state index in [1.165, 1.54) is 21.6 Å². The van der Waals surface area contributed by atoms with Gasteiger partial charge in [0.05, 0.1) is 0 Å². The lowest BCUT2D eigenvalue weighted by atomic mass is 10.0. The number of likely N-dealkylation sites (N-methyl/N-ethyl adjacent to an activating group) is 1. The Morgan fingerprint density at radius 2 is 1.68 bits per heavy atom. The van der Waals surface area contributed by atoms with Gasteiger partial charge in [-0.3, -0.25) is 4.79 Å². The summed E-state index contributed by atoms with van der Waals surface area (Å²) in [7, 11) is 3.49. The molecule has 0 unspecified atom stereocenters. The second-order valence-electron chi connectivity index (χ2n) is 6.76. The third-order valence-corrected chi connectivity index (χ3v) is 5.36. The van der Waals surface area contributed by atoms with Gasteiger partial charge in [-0.05, 0) is 54.8 Å². The Balaban J connectivity index is 0.00000392. The minimum Gasteiger partial charge on any atom is -0.356 e. The third-order valence-electron chi connectivity index (χ3n) is 4.43. The van der Waals surface area contributed by atoms with Gasteiger partial charge in [-0.15, -0.1) is 35.3 Å². The number of hydrogen-bond acceptors (Lipinski definition) is 3. The third kappa shape index (κ3) is 8.18. The van der Waals surface area contributed by atoms with Crippen LogP contribution in [0.25, 0.3) is 0 Å². The van der Waals surface area contributed by atoms with E-state index in [0.717, 1.165) is 25.9 Å². The van der Waals surface area contributed by atoms with Crippen molar-refractivity contribution in [2.24, 2.45) is 4.99 Å². The van der Waals surface area contributed by atoms with Crippen molar-refractivity contribution in [3.05, 3.63) is 57.3 Å². The SMILES string of the molecule is Cc1cccc(C)c1CCNC(=NCC(=O)N(C)C)NCCc1cccs1.I. The predicted molar refractivity (Wildman–Crippen MR) is 130 cm³/mol. The highest BCUT2D eigenvalue weighted by Gasteiger charge is 2.06. The number of halogens is 1. The normalized spacial score (nSPS) is 10.9. The molecule has 2 N–H and O–H groups in total. The van der Waals surface area contributed by atoms with E-state index in [9.17, 15) is 4.79 Å². The van der Waals surface area contributed by atoms with E-state index in [-0.39, 0.29) is 36.4 Å². The largest absolute Gasteiger partial charge is 0.356 e. The number of guanidine groups is 1. The molecule has 7 heteroatoms. The molecule has 2 rings (SSSR count). The molecule has 0 aliphatic carbocycles. The summed E-state index contributed by atoms with van der Waals surface area (Å²) in [4.78, 5) is 19.2. The minimum atomic E-state index is -0.0101. The molecule has 1 aromatic carbocycles. The number of nitrogens with one attached hydrogen (secondary N) is 2. The molecule has 0 bridgehead atoms. The lowest BCUT2D eigenvalue weighted by Crippen LogP contribution is -2.40. The summed E-state index contributed by atoms with van der Waals surface area (Å²) in [5.74, 6) is 0.678. The fourth-order valence-electron chi connectivity index (χ4n) is 2.77. The average Bonchev–Trinajstić information content (AvgIpc) is 3.14. The maximum absolute atomic E-state index is 11.9. The summed E-state index contributed by atoms with van der Waals surface area (Å²) in [5, 5.41) is 8.80. The molecule has 0 fully saturated rings. The van der Waals surface area contributed by atoms with E-state index in [4.69, 9.17) is 0 Å². The topological polar surface area (TPSA) is 56.7 Å². The highest BCUT2D eigenvalue weighted by Crippen LogP contribution is 2.13. The van der Waals surface area contributed by atoms with E-state index >= 15 is 0 Å². The van der Waals surface area contributed by atoms with Gasteiger partial charge in [0, 0.05) is 32.1 Å². The van der Waals surface area contributed by atoms with Gasteiger partial charge in [-0.2, -0.15) is 0 Å². The Bertz CT molecular complexity index is 740. The maximum Gasteiger partial charge on any atom is 0.243 e. The van der Waals surface area contributed by atoms with Crippen molar-refractivity contribution >= 4 is 47.2 Å². The van der Waals surface area contributed by atoms with E-state index in [1.54, 1.807) is 30.3 Å². The molecule has 2 aromatic rings. The highest BCUT2D eigenvalue weighted by atomic mass is 127. The summed E-state index contributed by atoms with van der Waals surface area (Å²) in [6.07, 6.45) is 1.86. The Morgan fingerprint density at radius 1 is 1.04 bits per heavy atom. The van der Waals surface area contributed by atoms with Crippen molar-refractivity contribution < 1.29 is 4.79 Å². The molecule has 0 saturated heterocycles. The Hall–Kier alpha value is -1.61. The Morgan fingerprint density at radius 3 is 2.25 bits per heavy atom. The number of nitrogens with zero attached hydrogens (tertiary/aromatic N) is 2. The lowest BCUT2D eigenvalue weighted by Gasteiger charge is -2.15. The molecule has 0 aliphatic heterocycles. The summed E-state index contributed by atoms with van der Waals surface area (Å²) < 4.78 is 0. The van der Waals surface area contributed by atoms with E-state index in [0.29, 0.717) is 5.96 Å². The van der Waals surface area contributed by atoms with Crippen molar-refractivity contribution in [2.45, 2.75) is 26.7 Å². The molecule has 1 heterocycles. The highest BCUT2D eigenvalue weighted by molar-refractivity contribution is 14.0. The Kier molecular flexibility index (Phi) is 11.1. The van der Waals surface area contributed by atoms with E-state index in [2.05, 4.69) is 65.2 Å². The number of amides is 1. The van der Waals surface area contributed by atoms with Crippen LogP contribution in [0.5, 0.6) is 0 Å². The first-order valence-corrected chi connectivity index (χ1v) is 10.1. The van der Waals surface area contributed by atoms with Crippen molar-refractivity contribution in [2.75, 3.05) is 33.7 Å². The first kappa shape index (κ1) is 24.4. The summed E-state index contributed by atoms with van der Waals surface area (Å²) in [5.41, 5.74) is 3.99. The molecule has 0 spiro atoms. The predicted octanol–water partition coefficient (Wildman–Crippen LogP) is 3.39. The number of benzene rings is 1. The zero-order valence-corrected chi connectivity index (χ0v) is 20.3. The van der Waals surface area contributed by atoms with Gasteiger partial charge in [0.15, 0.2) is 5.96 Å². The van der Waals surface area contributed by atoms with Crippen molar-refractivity contribution in [1.82, 2.24) is 15.5 Å². The fourth-order valence-corrected chi connectivity index (χ4v) is 3.48. The van der Waals surface area contributed by atoms with Crippen LogP contribution < -0.4 is 10.6 Å². The molecule has 1 aromatic heterocycles. The van der Waals surface area contributed by atoms with Crippen molar-refractivity contribution in [3.8, 4) is 0 Å². The second kappa shape index (κ2) is 12.8. The lowest BCUT2D eigenvalue weighted by molar-refractivity contribution is -0.127. The molecule has 154 valence electrons. The molecule has 1 amide bonds. The molecular weight excluding hydrogens is 483 g/mol. The van der Waals surface area contributed by atoms with Crippen LogP contribution in [0.15, 0.2) is 40.7 Å². The first-order valence-electron chi connectivity index (χ1n) is 9.27. The Labute approximate surface area is 189 Å². The average molecular weight is 514 g/mol. The fraction of sp³-hybridized carbons (Fsp3) is 0.429. The van der Waals surface area contributed by atoms with Crippen LogP contribution in [0.1, 0.15) is 21.6 Å². The monoisotopic (exact) mass is 514 g/mol. The smallest absolute Gasteiger partial charge is 0.243 e. The van der Waals surface area contributed by atoms with Crippen LogP contribution >= 0.6 is 35.3 Å².